The van der Waals surface area contributed by atoms with Crippen molar-refractivity contribution in [3.63, 3.8) is 0 Å². The Labute approximate surface area is 78.4 Å². The summed E-state index contributed by atoms with van der Waals surface area (Å²) in [4.78, 5) is 1.32. The van der Waals surface area contributed by atoms with Gasteiger partial charge >= 0.3 is 0 Å². The zero-order chi connectivity index (χ0) is 8.97. The van der Waals surface area contributed by atoms with Gasteiger partial charge in [-0.2, -0.15) is 0 Å². The van der Waals surface area contributed by atoms with Crippen molar-refractivity contribution in [3.8, 4) is 0 Å². The maximum Gasteiger partial charge on any atom is 0.0344 e. The Balaban J connectivity index is 2.69. The summed E-state index contributed by atoms with van der Waals surface area (Å²) in [5.41, 5.74) is 7.77. The van der Waals surface area contributed by atoms with E-state index in [1.165, 1.54) is 22.6 Å². The smallest absolute Gasteiger partial charge is 0.0344 e. The second kappa shape index (κ2) is 4.41. The van der Waals surface area contributed by atoms with Crippen molar-refractivity contribution in [2.75, 3.05) is 11.5 Å². The van der Waals surface area contributed by atoms with Crippen LogP contribution >= 0.6 is 11.8 Å². The van der Waals surface area contributed by atoms with Crippen molar-refractivity contribution in [1.82, 2.24) is 0 Å². The average Bonchev–Trinajstić information content (AvgIpc) is 2.07. The van der Waals surface area contributed by atoms with Gasteiger partial charge in [0.05, 0.1) is 0 Å². The first kappa shape index (κ1) is 9.46. The van der Waals surface area contributed by atoms with E-state index >= 15 is 0 Å². The molecule has 0 aliphatic carbocycles. The van der Waals surface area contributed by atoms with E-state index in [0.29, 0.717) is 0 Å². The molecule has 2 N–H and O–H groups in total. The van der Waals surface area contributed by atoms with E-state index in [9.17, 15) is 0 Å². The van der Waals surface area contributed by atoms with Crippen LogP contribution in [-0.4, -0.2) is 5.75 Å². The van der Waals surface area contributed by atoms with Crippen molar-refractivity contribution < 1.29 is 0 Å². The quantitative estimate of drug-likeness (QED) is 0.573. The fourth-order valence-electron chi connectivity index (χ4n) is 0.958. The molecule has 66 valence electrons. The molecule has 0 aliphatic heterocycles. The van der Waals surface area contributed by atoms with Crippen LogP contribution in [-0.2, 0) is 0 Å². The lowest BCUT2D eigenvalue weighted by Gasteiger charge is -2.03. The van der Waals surface area contributed by atoms with Gasteiger partial charge in [0.15, 0.2) is 0 Å². The van der Waals surface area contributed by atoms with Crippen LogP contribution in [0.4, 0.5) is 5.69 Å². The highest BCUT2D eigenvalue weighted by Crippen LogP contribution is 2.22. The van der Waals surface area contributed by atoms with Gasteiger partial charge < -0.3 is 5.73 Å². The summed E-state index contributed by atoms with van der Waals surface area (Å²) >= 11 is 1.89. The molecule has 0 amide bonds. The van der Waals surface area contributed by atoms with Crippen LogP contribution in [0.15, 0.2) is 23.1 Å². The van der Waals surface area contributed by atoms with Gasteiger partial charge in [0.2, 0.25) is 0 Å². The molecule has 0 atom stereocenters. The van der Waals surface area contributed by atoms with Crippen molar-refractivity contribution in [2.45, 2.75) is 25.2 Å². The maximum absolute atomic E-state index is 5.71. The van der Waals surface area contributed by atoms with Gasteiger partial charge in [-0.15, -0.1) is 11.8 Å². The molecule has 0 aliphatic rings. The Morgan fingerprint density at radius 3 is 2.75 bits per heavy atom. The van der Waals surface area contributed by atoms with Gasteiger partial charge in [-0.25, -0.2) is 0 Å². The summed E-state index contributed by atoms with van der Waals surface area (Å²) in [6.45, 7) is 4.24. The molecule has 0 heterocycles. The SMILES string of the molecule is CCCSc1ccc(N)c(C)c1. The number of anilines is 1. The van der Waals surface area contributed by atoms with E-state index in [0.717, 1.165) is 5.69 Å². The first-order valence-corrected chi connectivity index (χ1v) is 5.21. The Morgan fingerprint density at radius 1 is 1.42 bits per heavy atom. The molecule has 0 unspecified atom stereocenters. The molecule has 12 heavy (non-hydrogen) atoms. The monoisotopic (exact) mass is 181 g/mol. The highest BCUT2D eigenvalue weighted by Gasteiger charge is 1.96. The Bertz CT molecular complexity index is 258. The minimum atomic E-state index is 0.885. The predicted octanol–water partition coefficient (Wildman–Crippen LogP) is 3.08. The Kier molecular flexibility index (Phi) is 3.48. The third-order valence-corrected chi connectivity index (χ3v) is 2.91. The van der Waals surface area contributed by atoms with Gasteiger partial charge in [0.1, 0.15) is 0 Å². The van der Waals surface area contributed by atoms with Crippen LogP contribution in [0.1, 0.15) is 18.9 Å². The standard InChI is InChI=1S/C10H15NS/c1-3-6-12-9-4-5-10(11)8(2)7-9/h4-5,7H,3,6,11H2,1-2H3. The first-order chi connectivity index (χ1) is 5.74. The molecule has 0 fully saturated rings. The molecule has 0 aromatic heterocycles. The van der Waals surface area contributed by atoms with Crippen molar-refractivity contribution >= 4 is 17.4 Å². The normalized spacial score (nSPS) is 10.2. The zero-order valence-electron chi connectivity index (χ0n) is 7.63. The second-order valence-electron chi connectivity index (χ2n) is 2.87. The van der Waals surface area contributed by atoms with E-state index in [1.54, 1.807) is 0 Å². The first-order valence-electron chi connectivity index (χ1n) is 4.23. The number of hydrogen-bond donors (Lipinski definition) is 1. The number of nitrogen functional groups attached to an aromatic ring is 1. The molecule has 0 spiro atoms. The van der Waals surface area contributed by atoms with E-state index < -0.39 is 0 Å². The summed E-state index contributed by atoms with van der Waals surface area (Å²) in [5.74, 6) is 1.18. The van der Waals surface area contributed by atoms with E-state index in [4.69, 9.17) is 5.73 Å². The summed E-state index contributed by atoms with van der Waals surface area (Å²) in [5, 5.41) is 0. The molecule has 1 aromatic carbocycles. The van der Waals surface area contributed by atoms with Gasteiger partial charge in [-0.05, 0) is 42.9 Å². The molecule has 0 saturated carbocycles. The minimum absolute atomic E-state index is 0.885. The second-order valence-corrected chi connectivity index (χ2v) is 4.04. The average molecular weight is 181 g/mol. The highest BCUT2D eigenvalue weighted by atomic mass is 32.2. The van der Waals surface area contributed by atoms with Crippen LogP contribution in [0.3, 0.4) is 0 Å². The summed E-state index contributed by atoms with van der Waals surface area (Å²) in [7, 11) is 0. The fourth-order valence-corrected chi connectivity index (χ4v) is 1.82. The molecule has 0 saturated heterocycles. The Hall–Kier alpha value is -0.630. The van der Waals surface area contributed by atoms with Crippen molar-refractivity contribution in [1.29, 1.82) is 0 Å². The van der Waals surface area contributed by atoms with Crippen molar-refractivity contribution in [3.05, 3.63) is 23.8 Å². The molecular weight excluding hydrogens is 166 g/mol. The lowest BCUT2D eigenvalue weighted by atomic mass is 10.2. The molecule has 0 radical (unpaired) electrons. The van der Waals surface area contributed by atoms with Gasteiger partial charge in [-0.1, -0.05) is 6.92 Å². The summed E-state index contributed by atoms with van der Waals surface area (Å²) < 4.78 is 0. The zero-order valence-corrected chi connectivity index (χ0v) is 8.45. The van der Waals surface area contributed by atoms with Crippen LogP contribution in [0.5, 0.6) is 0 Å². The third kappa shape index (κ3) is 2.45. The highest BCUT2D eigenvalue weighted by molar-refractivity contribution is 7.99. The minimum Gasteiger partial charge on any atom is -0.399 e. The molecule has 2 heteroatoms. The van der Waals surface area contributed by atoms with Crippen LogP contribution in [0, 0.1) is 6.92 Å². The summed E-state index contributed by atoms with van der Waals surface area (Å²) in [6.07, 6.45) is 1.22. The number of rotatable bonds is 3. The predicted molar refractivity (Wildman–Crippen MR) is 56.6 cm³/mol. The van der Waals surface area contributed by atoms with Crippen LogP contribution < -0.4 is 5.73 Å². The molecule has 1 aromatic rings. The van der Waals surface area contributed by atoms with E-state index in [2.05, 4.69) is 19.1 Å². The van der Waals surface area contributed by atoms with E-state index in [1.807, 2.05) is 24.8 Å². The van der Waals surface area contributed by atoms with E-state index in [-0.39, 0.29) is 0 Å². The lowest BCUT2D eigenvalue weighted by molar-refractivity contribution is 1.10. The number of benzene rings is 1. The molecule has 1 rings (SSSR count). The molecular formula is C10H15NS. The molecule has 1 nitrogen and oxygen atoms in total. The fraction of sp³-hybridized carbons (Fsp3) is 0.400. The van der Waals surface area contributed by atoms with Crippen LogP contribution in [0.2, 0.25) is 0 Å². The summed E-state index contributed by atoms with van der Waals surface area (Å²) in [6, 6.07) is 6.21. The van der Waals surface area contributed by atoms with Gasteiger partial charge in [0.25, 0.3) is 0 Å². The van der Waals surface area contributed by atoms with Gasteiger partial charge in [0, 0.05) is 10.6 Å². The number of nitrogens with two attached hydrogens (primary N) is 1. The number of thioether (sulfide) groups is 1. The third-order valence-electron chi connectivity index (χ3n) is 1.71. The van der Waals surface area contributed by atoms with Gasteiger partial charge in [-0.3, -0.25) is 0 Å². The molecule has 0 bridgehead atoms. The Morgan fingerprint density at radius 2 is 2.17 bits per heavy atom. The largest absolute Gasteiger partial charge is 0.399 e. The van der Waals surface area contributed by atoms with Crippen molar-refractivity contribution in [2.24, 2.45) is 0 Å². The number of hydrogen-bond acceptors (Lipinski definition) is 2. The van der Waals surface area contributed by atoms with Crippen LogP contribution in [0.25, 0.3) is 0 Å². The lowest BCUT2D eigenvalue weighted by Crippen LogP contribution is -1.88. The number of aryl methyl sites for hydroxylation is 1. The topological polar surface area (TPSA) is 26.0 Å². The maximum atomic E-state index is 5.71.